The van der Waals surface area contributed by atoms with Gasteiger partial charge >= 0.3 is 0 Å². The van der Waals surface area contributed by atoms with Gasteiger partial charge in [-0.15, -0.1) is 0 Å². The van der Waals surface area contributed by atoms with Crippen molar-refractivity contribution in [3.63, 3.8) is 0 Å². The Morgan fingerprint density at radius 3 is 2.42 bits per heavy atom. The number of aromatic nitrogens is 1. The molecule has 0 saturated heterocycles. The van der Waals surface area contributed by atoms with Gasteiger partial charge in [0.2, 0.25) is 0 Å². The van der Waals surface area contributed by atoms with Crippen LogP contribution < -0.4 is 0 Å². The quantitative estimate of drug-likeness (QED) is 0.707. The SMILES string of the molecule is FC(F)c1c(Br)cnc(Br)c1Cl. The zero-order chi connectivity index (χ0) is 9.30. The van der Waals surface area contributed by atoms with Crippen molar-refractivity contribution in [2.45, 2.75) is 6.43 Å². The van der Waals surface area contributed by atoms with Crippen molar-refractivity contribution in [2.24, 2.45) is 0 Å². The Morgan fingerprint density at radius 1 is 1.42 bits per heavy atom. The minimum absolute atomic E-state index is 0.0561. The van der Waals surface area contributed by atoms with E-state index in [0.717, 1.165) is 0 Å². The van der Waals surface area contributed by atoms with E-state index < -0.39 is 6.43 Å². The lowest BCUT2D eigenvalue weighted by Gasteiger charge is -2.05. The summed E-state index contributed by atoms with van der Waals surface area (Å²) in [7, 11) is 0. The number of nitrogens with zero attached hydrogens (tertiary/aromatic N) is 1. The third kappa shape index (κ3) is 1.95. The fourth-order valence-electron chi connectivity index (χ4n) is 0.656. The average molecular weight is 321 g/mol. The Bertz CT molecular complexity index is 306. The van der Waals surface area contributed by atoms with Crippen molar-refractivity contribution in [3.8, 4) is 0 Å². The lowest BCUT2D eigenvalue weighted by Crippen LogP contribution is -1.91. The molecule has 0 saturated carbocycles. The molecule has 1 rings (SSSR count). The van der Waals surface area contributed by atoms with Crippen LogP contribution in [0.2, 0.25) is 5.02 Å². The van der Waals surface area contributed by atoms with E-state index in [1.54, 1.807) is 0 Å². The van der Waals surface area contributed by atoms with Gasteiger partial charge in [0, 0.05) is 10.7 Å². The molecular formula is C6H2Br2ClF2N. The highest BCUT2D eigenvalue weighted by Crippen LogP contribution is 2.36. The summed E-state index contributed by atoms with van der Waals surface area (Å²) in [4.78, 5) is 3.73. The largest absolute Gasteiger partial charge is 0.266 e. The van der Waals surface area contributed by atoms with Gasteiger partial charge in [0.1, 0.15) is 4.60 Å². The van der Waals surface area contributed by atoms with Crippen molar-refractivity contribution in [2.75, 3.05) is 0 Å². The highest BCUT2D eigenvalue weighted by atomic mass is 79.9. The van der Waals surface area contributed by atoms with Crippen molar-refractivity contribution < 1.29 is 8.78 Å². The highest BCUT2D eigenvalue weighted by Gasteiger charge is 2.18. The number of hydrogen-bond donors (Lipinski definition) is 0. The van der Waals surface area contributed by atoms with Gasteiger partial charge in [0.25, 0.3) is 6.43 Å². The molecule has 12 heavy (non-hydrogen) atoms. The van der Waals surface area contributed by atoms with Gasteiger partial charge in [-0.05, 0) is 31.9 Å². The van der Waals surface area contributed by atoms with E-state index in [9.17, 15) is 8.78 Å². The first-order chi connectivity index (χ1) is 5.54. The molecule has 0 aromatic carbocycles. The van der Waals surface area contributed by atoms with Gasteiger partial charge in [0.05, 0.1) is 10.6 Å². The maximum Gasteiger partial charge on any atom is 0.266 e. The zero-order valence-electron chi connectivity index (χ0n) is 5.49. The van der Waals surface area contributed by atoms with Gasteiger partial charge < -0.3 is 0 Å². The summed E-state index contributed by atoms with van der Waals surface area (Å²) in [6.45, 7) is 0. The predicted octanol–water partition coefficient (Wildman–Crippen LogP) is 4.20. The standard InChI is InChI=1S/C6H2Br2ClF2N/c7-2-1-12-5(8)4(9)3(2)6(10)11/h1,6H. The van der Waals surface area contributed by atoms with Crippen LogP contribution in [0.15, 0.2) is 15.3 Å². The maximum atomic E-state index is 12.3. The monoisotopic (exact) mass is 319 g/mol. The molecule has 0 aliphatic heterocycles. The Morgan fingerprint density at radius 2 is 2.00 bits per heavy atom. The van der Waals surface area contributed by atoms with Crippen molar-refractivity contribution in [3.05, 3.63) is 25.9 Å². The van der Waals surface area contributed by atoms with E-state index in [0.29, 0.717) is 0 Å². The number of rotatable bonds is 1. The van der Waals surface area contributed by atoms with Crippen LogP contribution in [0.4, 0.5) is 8.78 Å². The first-order valence-electron chi connectivity index (χ1n) is 2.81. The molecule has 0 bridgehead atoms. The first-order valence-corrected chi connectivity index (χ1v) is 4.78. The second-order valence-corrected chi connectivity index (χ2v) is 3.91. The smallest absolute Gasteiger partial charge is 0.247 e. The van der Waals surface area contributed by atoms with E-state index in [4.69, 9.17) is 11.6 Å². The molecule has 0 radical (unpaired) electrons. The van der Waals surface area contributed by atoms with Crippen LogP contribution in [0.25, 0.3) is 0 Å². The average Bonchev–Trinajstić information content (AvgIpc) is 1.97. The van der Waals surface area contributed by atoms with Crippen LogP contribution >= 0.6 is 43.5 Å². The molecule has 0 amide bonds. The van der Waals surface area contributed by atoms with Crippen LogP contribution in [0.5, 0.6) is 0 Å². The third-order valence-electron chi connectivity index (χ3n) is 1.18. The summed E-state index contributed by atoms with van der Waals surface area (Å²) >= 11 is 11.5. The summed E-state index contributed by atoms with van der Waals surface area (Å²) in [5, 5.41) is -0.0561. The molecule has 0 aliphatic carbocycles. The topological polar surface area (TPSA) is 12.9 Å². The van der Waals surface area contributed by atoms with E-state index in [-0.39, 0.29) is 19.7 Å². The highest BCUT2D eigenvalue weighted by molar-refractivity contribution is 9.11. The number of alkyl halides is 2. The van der Waals surface area contributed by atoms with Gasteiger partial charge in [-0.1, -0.05) is 11.6 Å². The Balaban J connectivity index is 3.33. The second kappa shape index (κ2) is 3.98. The summed E-state index contributed by atoms with van der Waals surface area (Å²) in [6.07, 6.45) is -1.33. The van der Waals surface area contributed by atoms with E-state index in [1.165, 1.54) is 6.20 Å². The zero-order valence-corrected chi connectivity index (χ0v) is 9.42. The predicted molar refractivity (Wildman–Crippen MR) is 49.6 cm³/mol. The summed E-state index contributed by atoms with van der Waals surface area (Å²) in [5.41, 5.74) is -0.237. The van der Waals surface area contributed by atoms with Crippen molar-refractivity contribution in [1.29, 1.82) is 0 Å². The minimum atomic E-state index is -2.61. The lowest BCUT2D eigenvalue weighted by molar-refractivity contribution is 0.150. The molecule has 1 heterocycles. The molecule has 0 fully saturated rings. The van der Waals surface area contributed by atoms with E-state index >= 15 is 0 Å². The van der Waals surface area contributed by atoms with Crippen LogP contribution in [0, 0.1) is 0 Å². The molecule has 0 aliphatic rings. The summed E-state index contributed by atoms with van der Waals surface area (Å²) in [6, 6.07) is 0. The van der Waals surface area contributed by atoms with Gasteiger partial charge in [-0.3, -0.25) is 0 Å². The van der Waals surface area contributed by atoms with Crippen molar-refractivity contribution >= 4 is 43.5 Å². The molecule has 0 spiro atoms. The second-order valence-electron chi connectivity index (χ2n) is 1.93. The molecule has 1 aromatic rings. The fraction of sp³-hybridized carbons (Fsp3) is 0.167. The number of pyridine rings is 1. The Labute approximate surface area is 89.4 Å². The van der Waals surface area contributed by atoms with Crippen LogP contribution in [0.3, 0.4) is 0 Å². The molecule has 66 valence electrons. The molecule has 1 aromatic heterocycles. The van der Waals surface area contributed by atoms with Crippen molar-refractivity contribution in [1.82, 2.24) is 4.98 Å². The summed E-state index contributed by atoms with van der Waals surface area (Å²) in [5.74, 6) is 0. The molecule has 0 unspecified atom stereocenters. The van der Waals surface area contributed by atoms with Crippen LogP contribution in [-0.2, 0) is 0 Å². The normalized spacial score (nSPS) is 10.8. The Kier molecular flexibility index (Phi) is 3.43. The molecule has 1 nitrogen and oxygen atoms in total. The number of hydrogen-bond acceptors (Lipinski definition) is 1. The van der Waals surface area contributed by atoms with Crippen LogP contribution in [-0.4, -0.2) is 4.98 Å². The van der Waals surface area contributed by atoms with Gasteiger partial charge in [0.15, 0.2) is 0 Å². The Hall–Kier alpha value is 0.260. The first kappa shape index (κ1) is 10.3. The molecule has 0 atom stereocenters. The molecule has 0 N–H and O–H groups in total. The molecular weight excluding hydrogens is 319 g/mol. The fourth-order valence-corrected chi connectivity index (χ4v) is 1.79. The van der Waals surface area contributed by atoms with Crippen LogP contribution in [0.1, 0.15) is 12.0 Å². The molecule has 6 heteroatoms. The van der Waals surface area contributed by atoms with Gasteiger partial charge in [-0.2, -0.15) is 0 Å². The maximum absolute atomic E-state index is 12.3. The number of halogens is 5. The van der Waals surface area contributed by atoms with Gasteiger partial charge in [-0.25, -0.2) is 13.8 Å². The minimum Gasteiger partial charge on any atom is -0.247 e. The third-order valence-corrected chi connectivity index (χ3v) is 3.03. The van der Waals surface area contributed by atoms with E-state index in [1.807, 2.05) is 0 Å². The van der Waals surface area contributed by atoms with E-state index in [2.05, 4.69) is 36.8 Å². The lowest BCUT2D eigenvalue weighted by atomic mass is 10.3. The summed E-state index contributed by atoms with van der Waals surface area (Å²) < 4.78 is 25.0.